The van der Waals surface area contributed by atoms with Gasteiger partial charge in [-0.2, -0.15) is 0 Å². The van der Waals surface area contributed by atoms with E-state index in [1.165, 1.54) is 5.57 Å². The lowest BCUT2D eigenvalue weighted by atomic mass is 10.2. The summed E-state index contributed by atoms with van der Waals surface area (Å²) >= 11 is 0. The van der Waals surface area contributed by atoms with Gasteiger partial charge in [-0.25, -0.2) is 0 Å². The highest BCUT2D eigenvalue weighted by atomic mass is 31.2. The van der Waals surface area contributed by atoms with Crippen LogP contribution in [-0.2, 0) is 4.57 Å². The van der Waals surface area contributed by atoms with E-state index in [1.807, 2.05) is 30.3 Å². The maximum Gasteiger partial charge on any atom is 0.125 e. The van der Waals surface area contributed by atoms with Gasteiger partial charge in [-0.15, -0.1) is 0 Å². The van der Waals surface area contributed by atoms with Gasteiger partial charge in [-0.3, -0.25) is 0 Å². The first-order chi connectivity index (χ1) is 6.64. The summed E-state index contributed by atoms with van der Waals surface area (Å²) in [5, 5.41) is 1.03. The number of hydrogen-bond donors (Lipinski definition) is 0. The van der Waals surface area contributed by atoms with Gasteiger partial charge in [0.05, 0.1) is 0 Å². The van der Waals surface area contributed by atoms with Crippen molar-refractivity contribution in [3.8, 4) is 0 Å². The van der Waals surface area contributed by atoms with Crippen molar-refractivity contribution in [2.24, 2.45) is 0 Å². The number of allylic oxidation sites excluding steroid dienone is 2. The predicted molar refractivity (Wildman–Crippen MR) is 61.8 cm³/mol. The Labute approximate surface area is 85.2 Å². The molecule has 2 heteroatoms. The zero-order chi connectivity index (χ0) is 10.2. The summed E-state index contributed by atoms with van der Waals surface area (Å²) in [6.07, 6.45) is 2.86. The lowest BCUT2D eigenvalue weighted by molar-refractivity contribution is 0.580. The van der Waals surface area contributed by atoms with Gasteiger partial charge in [0.1, 0.15) is 7.14 Å². The summed E-state index contributed by atoms with van der Waals surface area (Å²) in [6.45, 7) is 4.15. The van der Waals surface area contributed by atoms with E-state index in [-0.39, 0.29) is 5.66 Å². The molecule has 0 bridgehead atoms. The van der Waals surface area contributed by atoms with Gasteiger partial charge >= 0.3 is 0 Å². The standard InChI is InChI=1S/C12H15OP/c1-10-8-9-14(13,11(10)2)12-6-4-3-5-7-12/h3-8,11H,9H2,1-2H3/t11-,14+/m1/s1. The summed E-state index contributed by atoms with van der Waals surface area (Å²) in [5.41, 5.74) is 1.50. The van der Waals surface area contributed by atoms with Crippen molar-refractivity contribution in [2.45, 2.75) is 19.5 Å². The lowest BCUT2D eigenvalue weighted by Crippen LogP contribution is -2.12. The number of hydrogen-bond acceptors (Lipinski definition) is 1. The van der Waals surface area contributed by atoms with E-state index in [2.05, 4.69) is 19.9 Å². The maximum atomic E-state index is 12.7. The van der Waals surface area contributed by atoms with E-state index in [0.29, 0.717) is 0 Å². The van der Waals surface area contributed by atoms with Crippen LogP contribution in [0.2, 0.25) is 0 Å². The summed E-state index contributed by atoms with van der Waals surface area (Å²) in [4.78, 5) is 0. The molecule has 2 rings (SSSR count). The Morgan fingerprint density at radius 2 is 1.93 bits per heavy atom. The van der Waals surface area contributed by atoms with Crippen LogP contribution in [0.5, 0.6) is 0 Å². The average molecular weight is 206 g/mol. The smallest absolute Gasteiger partial charge is 0.125 e. The minimum Gasteiger partial charge on any atom is -0.318 e. The second-order valence-corrected chi connectivity index (χ2v) is 7.19. The van der Waals surface area contributed by atoms with Crippen molar-refractivity contribution in [3.63, 3.8) is 0 Å². The molecule has 1 aromatic rings. The molecule has 1 nitrogen and oxygen atoms in total. The molecule has 0 amide bonds. The monoisotopic (exact) mass is 206 g/mol. The molecule has 1 aliphatic heterocycles. The Hall–Kier alpha value is -0.810. The second kappa shape index (κ2) is 3.40. The van der Waals surface area contributed by atoms with Crippen molar-refractivity contribution in [2.75, 3.05) is 6.16 Å². The largest absolute Gasteiger partial charge is 0.318 e. The van der Waals surface area contributed by atoms with E-state index in [1.54, 1.807) is 0 Å². The Morgan fingerprint density at radius 3 is 2.43 bits per heavy atom. The SMILES string of the molecule is CC1=CC[P@@](=O)(c2ccccc2)[C@@H]1C. The van der Waals surface area contributed by atoms with Gasteiger partial charge < -0.3 is 4.57 Å². The second-order valence-electron chi connectivity index (χ2n) is 3.94. The topological polar surface area (TPSA) is 17.1 Å². The molecule has 1 aliphatic rings. The minimum absolute atomic E-state index is 0.227. The summed E-state index contributed by atoms with van der Waals surface area (Å²) in [6, 6.07) is 9.88. The van der Waals surface area contributed by atoms with Crippen LogP contribution in [0.15, 0.2) is 42.0 Å². The fraction of sp³-hybridized carbons (Fsp3) is 0.333. The molecule has 1 aromatic carbocycles. The van der Waals surface area contributed by atoms with E-state index >= 15 is 0 Å². The number of rotatable bonds is 1. The van der Waals surface area contributed by atoms with Crippen LogP contribution < -0.4 is 5.30 Å². The zero-order valence-corrected chi connectivity index (χ0v) is 9.50. The van der Waals surface area contributed by atoms with Gasteiger partial charge in [0.25, 0.3) is 0 Å². The van der Waals surface area contributed by atoms with Crippen LogP contribution in [0.4, 0.5) is 0 Å². The molecule has 2 atom stereocenters. The highest BCUT2D eigenvalue weighted by Gasteiger charge is 2.35. The fourth-order valence-corrected chi connectivity index (χ4v) is 4.92. The number of benzene rings is 1. The van der Waals surface area contributed by atoms with Gasteiger partial charge in [0.2, 0.25) is 0 Å². The first kappa shape index (κ1) is 9.73. The molecule has 0 aromatic heterocycles. The predicted octanol–water partition coefficient (Wildman–Crippen LogP) is 3.02. The molecular formula is C12H15OP. The van der Waals surface area contributed by atoms with Gasteiger partial charge in [0.15, 0.2) is 0 Å². The quantitative estimate of drug-likeness (QED) is 0.510. The molecule has 0 unspecified atom stereocenters. The molecule has 14 heavy (non-hydrogen) atoms. The molecule has 0 spiro atoms. The first-order valence-corrected chi connectivity index (χ1v) is 6.92. The van der Waals surface area contributed by atoms with E-state index in [9.17, 15) is 4.57 Å². The third kappa shape index (κ3) is 1.36. The van der Waals surface area contributed by atoms with Crippen LogP contribution >= 0.6 is 7.14 Å². The molecule has 0 aliphatic carbocycles. The molecule has 0 saturated heterocycles. The van der Waals surface area contributed by atoms with Crippen molar-refractivity contribution < 1.29 is 4.57 Å². The van der Waals surface area contributed by atoms with E-state index in [0.717, 1.165) is 11.5 Å². The van der Waals surface area contributed by atoms with Gasteiger partial charge in [-0.1, -0.05) is 48.9 Å². The van der Waals surface area contributed by atoms with Gasteiger partial charge in [-0.05, 0) is 6.92 Å². The Morgan fingerprint density at radius 1 is 1.29 bits per heavy atom. The van der Waals surface area contributed by atoms with Crippen LogP contribution in [0.1, 0.15) is 13.8 Å². The van der Waals surface area contributed by atoms with Crippen molar-refractivity contribution >= 4 is 12.4 Å². The van der Waals surface area contributed by atoms with Crippen LogP contribution in [0.25, 0.3) is 0 Å². The third-order valence-corrected chi connectivity index (χ3v) is 6.72. The minimum atomic E-state index is -2.16. The molecule has 0 fully saturated rings. The summed E-state index contributed by atoms with van der Waals surface area (Å²) in [5.74, 6) is 0. The highest BCUT2D eigenvalue weighted by molar-refractivity contribution is 7.73. The Balaban J connectivity index is 2.42. The van der Waals surface area contributed by atoms with Gasteiger partial charge in [0, 0.05) is 17.1 Å². The Kier molecular flexibility index (Phi) is 2.36. The molecule has 0 saturated carbocycles. The Bertz CT molecular complexity index is 406. The molecule has 0 radical (unpaired) electrons. The first-order valence-electron chi connectivity index (χ1n) is 4.95. The molecular weight excluding hydrogens is 191 g/mol. The van der Waals surface area contributed by atoms with Crippen molar-refractivity contribution in [3.05, 3.63) is 42.0 Å². The lowest BCUT2D eigenvalue weighted by Gasteiger charge is -2.18. The maximum absolute atomic E-state index is 12.7. The van der Waals surface area contributed by atoms with Crippen molar-refractivity contribution in [1.29, 1.82) is 0 Å². The average Bonchev–Trinajstić information content (AvgIpc) is 2.49. The third-order valence-electron chi connectivity index (χ3n) is 3.16. The van der Waals surface area contributed by atoms with Crippen molar-refractivity contribution in [1.82, 2.24) is 0 Å². The van der Waals surface area contributed by atoms with Crippen LogP contribution in [-0.4, -0.2) is 11.8 Å². The normalized spacial score (nSPS) is 31.6. The summed E-state index contributed by atoms with van der Waals surface area (Å²) < 4.78 is 12.7. The molecule has 1 heterocycles. The van der Waals surface area contributed by atoms with E-state index < -0.39 is 7.14 Å². The van der Waals surface area contributed by atoms with E-state index in [4.69, 9.17) is 0 Å². The van der Waals surface area contributed by atoms with Crippen LogP contribution in [0, 0.1) is 0 Å². The fourth-order valence-electron chi connectivity index (χ4n) is 1.95. The molecule has 0 N–H and O–H groups in total. The zero-order valence-electron chi connectivity index (χ0n) is 8.60. The highest BCUT2D eigenvalue weighted by Crippen LogP contribution is 2.56. The van der Waals surface area contributed by atoms with Crippen LogP contribution in [0.3, 0.4) is 0 Å². The summed E-state index contributed by atoms with van der Waals surface area (Å²) in [7, 11) is -2.16. The molecule has 74 valence electrons.